The Bertz CT molecular complexity index is 765. The second kappa shape index (κ2) is 9.69. The van der Waals surface area contributed by atoms with Crippen LogP contribution in [-0.2, 0) is 14.4 Å². The molecule has 0 spiro atoms. The van der Waals surface area contributed by atoms with E-state index in [4.69, 9.17) is 5.11 Å². The van der Waals surface area contributed by atoms with E-state index in [0.29, 0.717) is 37.3 Å². The van der Waals surface area contributed by atoms with Crippen molar-refractivity contribution in [1.29, 1.82) is 0 Å². The molecule has 1 unspecified atom stereocenters. The molecule has 1 atom stereocenters. The Hall–Kier alpha value is -2.68. The van der Waals surface area contributed by atoms with E-state index in [1.54, 1.807) is 12.1 Å². The monoisotopic (exact) mass is 406 g/mol. The minimum absolute atomic E-state index is 0.199. The fraction of sp³-hybridized carbons (Fsp3) is 0.550. The molecule has 158 valence electrons. The van der Waals surface area contributed by atoms with Gasteiger partial charge in [-0.2, -0.15) is 0 Å². The summed E-state index contributed by atoms with van der Waals surface area (Å²) in [5.41, 5.74) is 1.04. The third-order valence-electron chi connectivity index (χ3n) is 5.36. The molecular formula is C20H27FN4O4. The quantitative estimate of drug-likeness (QED) is 0.443. The molecule has 0 radical (unpaired) electrons. The summed E-state index contributed by atoms with van der Waals surface area (Å²) in [6, 6.07) is 4.31. The highest BCUT2D eigenvalue weighted by Crippen LogP contribution is 2.25. The molecule has 1 aromatic carbocycles. The van der Waals surface area contributed by atoms with Crippen molar-refractivity contribution in [2.24, 2.45) is 0 Å². The second-order valence-electron chi connectivity index (χ2n) is 7.49. The van der Waals surface area contributed by atoms with Crippen LogP contribution in [0.5, 0.6) is 0 Å². The van der Waals surface area contributed by atoms with Gasteiger partial charge in [-0.05, 0) is 44.0 Å². The lowest BCUT2D eigenvalue weighted by molar-refractivity contribution is -0.137. The molecule has 3 N–H and O–H groups in total. The zero-order valence-electron chi connectivity index (χ0n) is 16.3. The number of carboxylic acids is 1. The van der Waals surface area contributed by atoms with Gasteiger partial charge in [0.15, 0.2) is 0 Å². The highest BCUT2D eigenvalue weighted by molar-refractivity contribution is 6.01. The van der Waals surface area contributed by atoms with Crippen LogP contribution in [0.25, 0.3) is 0 Å². The van der Waals surface area contributed by atoms with Crippen molar-refractivity contribution in [2.75, 3.05) is 42.9 Å². The van der Waals surface area contributed by atoms with Crippen LogP contribution >= 0.6 is 0 Å². The van der Waals surface area contributed by atoms with Gasteiger partial charge in [-0.1, -0.05) is 0 Å². The number of aliphatic carboxylic acids is 1. The molecule has 2 heterocycles. The summed E-state index contributed by atoms with van der Waals surface area (Å²) in [6.07, 6.45) is 2.38. The molecule has 0 saturated carbocycles. The van der Waals surface area contributed by atoms with Crippen LogP contribution in [0, 0.1) is 5.82 Å². The lowest BCUT2D eigenvalue weighted by Crippen LogP contribution is -2.47. The maximum atomic E-state index is 14.7. The lowest BCUT2D eigenvalue weighted by Gasteiger charge is -2.36. The van der Waals surface area contributed by atoms with E-state index >= 15 is 0 Å². The number of piperazine rings is 1. The number of nitrogens with zero attached hydrogens (tertiary/aromatic N) is 2. The molecule has 1 aromatic rings. The van der Waals surface area contributed by atoms with Gasteiger partial charge >= 0.3 is 5.97 Å². The summed E-state index contributed by atoms with van der Waals surface area (Å²) >= 11 is 0. The van der Waals surface area contributed by atoms with Crippen molar-refractivity contribution in [1.82, 2.24) is 10.2 Å². The fourth-order valence-electron chi connectivity index (χ4n) is 3.71. The zero-order chi connectivity index (χ0) is 20.8. The molecular weight excluding hydrogens is 379 g/mol. The zero-order valence-corrected chi connectivity index (χ0v) is 16.3. The number of imide groups is 1. The number of amides is 2. The van der Waals surface area contributed by atoms with Gasteiger partial charge in [0.1, 0.15) is 11.9 Å². The van der Waals surface area contributed by atoms with Crippen molar-refractivity contribution in [3.8, 4) is 0 Å². The van der Waals surface area contributed by atoms with Crippen LogP contribution in [0.3, 0.4) is 0 Å². The van der Waals surface area contributed by atoms with Crippen LogP contribution in [-0.4, -0.2) is 66.6 Å². The lowest BCUT2D eigenvalue weighted by atomic mass is 10.1. The van der Waals surface area contributed by atoms with E-state index in [0.717, 1.165) is 26.1 Å². The number of hydrogen-bond acceptors (Lipinski definition) is 6. The highest BCUT2D eigenvalue weighted by atomic mass is 19.1. The first-order chi connectivity index (χ1) is 13.9. The van der Waals surface area contributed by atoms with Gasteiger partial charge in [0, 0.05) is 44.7 Å². The number of nitrogens with one attached hydrogen (secondary N) is 2. The number of piperidine rings is 1. The molecule has 3 rings (SSSR count). The highest BCUT2D eigenvalue weighted by Gasteiger charge is 2.27. The van der Waals surface area contributed by atoms with Crippen LogP contribution in [0.4, 0.5) is 15.8 Å². The summed E-state index contributed by atoms with van der Waals surface area (Å²) in [5.74, 6) is -1.78. The fourth-order valence-corrected chi connectivity index (χ4v) is 3.71. The van der Waals surface area contributed by atoms with E-state index in [9.17, 15) is 18.8 Å². The predicted octanol–water partition coefficient (Wildman–Crippen LogP) is 1.42. The van der Waals surface area contributed by atoms with Crippen molar-refractivity contribution in [2.45, 2.75) is 38.1 Å². The SMILES string of the molecule is O=C(O)CCCCN1CCN(c2ccc(NC3CCC(=O)NC3=O)cc2F)CC1. The third-order valence-corrected chi connectivity index (χ3v) is 5.36. The summed E-state index contributed by atoms with van der Waals surface area (Å²) in [7, 11) is 0. The smallest absolute Gasteiger partial charge is 0.303 e. The Kier molecular flexibility index (Phi) is 7.03. The second-order valence-corrected chi connectivity index (χ2v) is 7.49. The minimum atomic E-state index is -0.763. The number of anilines is 2. The van der Waals surface area contributed by atoms with Gasteiger partial charge in [0.2, 0.25) is 11.8 Å². The maximum absolute atomic E-state index is 14.7. The maximum Gasteiger partial charge on any atom is 0.303 e. The van der Waals surface area contributed by atoms with E-state index in [1.165, 1.54) is 6.07 Å². The van der Waals surface area contributed by atoms with Crippen molar-refractivity contribution in [3.05, 3.63) is 24.0 Å². The number of carbonyl (C=O) groups is 3. The van der Waals surface area contributed by atoms with E-state index in [2.05, 4.69) is 15.5 Å². The van der Waals surface area contributed by atoms with Crippen LogP contribution in [0.1, 0.15) is 32.1 Å². The molecule has 2 aliphatic rings. The van der Waals surface area contributed by atoms with Gasteiger partial charge in [-0.3, -0.25) is 24.6 Å². The number of carboxylic acid groups (broad SMARTS) is 1. The Morgan fingerprint density at radius 1 is 1.21 bits per heavy atom. The summed E-state index contributed by atoms with van der Waals surface area (Å²) in [5, 5.41) is 14.0. The largest absolute Gasteiger partial charge is 0.481 e. The first kappa shape index (κ1) is 21.0. The molecule has 8 nitrogen and oxygen atoms in total. The van der Waals surface area contributed by atoms with E-state index in [1.807, 2.05) is 4.90 Å². The molecule has 0 aromatic heterocycles. The summed E-state index contributed by atoms with van der Waals surface area (Å²) in [6.45, 7) is 3.88. The van der Waals surface area contributed by atoms with Crippen molar-refractivity contribution >= 4 is 29.2 Å². The van der Waals surface area contributed by atoms with Crippen molar-refractivity contribution < 1.29 is 23.9 Å². The normalized spacial score (nSPS) is 20.4. The molecule has 9 heteroatoms. The Morgan fingerprint density at radius 3 is 2.62 bits per heavy atom. The molecule has 2 fully saturated rings. The standard InChI is InChI=1S/C20H27FN4O4/c21-15-13-14(22-16-5-7-18(26)23-20(16)29)4-6-17(15)25-11-9-24(10-12-25)8-2-1-3-19(27)28/h4,6,13,16,22H,1-3,5,7-12H2,(H,27,28)(H,23,26,29). The van der Waals surface area contributed by atoms with E-state index in [-0.39, 0.29) is 30.5 Å². The average Bonchev–Trinajstić information content (AvgIpc) is 2.68. The van der Waals surface area contributed by atoms with Gasteiger partial charge in [-0.25, -0.2) is 4.39 Å². The molecule has 2 amide bonds. The Balaban J connectivity index is 1.49. The first-order valence-corrected chi connectivity index (χ1v) is 10.0. The molecule has 2 aliphatic heterocycles. The molecule has 2 saturated heterocycles. The average molecular weight is 406 g/mol. The summed E-state index contributed by atoms with van der Waals surface area (Å²) in [4.78, 5) is 37.9. The van der Waals surface area contributed by atoms with Gasteiger partial charge in [0.05, 0.1) is 5.69 Å². The van der Waals surface area contributed by atoms with E-state index < -0.39 is 12.0 Å². The van der Waals surface area contributed by atoms with Crippen LogP contribution in [0.2, 0.25) is 0 Å². The molecule has 29 heavy (non-hydrogen) atoms. The van der Waals surface area contributed by atoms with Gasteiger partial charge < -0.3 is 15.3 Å². The Labute approximate surface area is 169 Å². The summed E-state index contributed by atoms with van der Waals surface area (Å²) < 4.78 is 14.7. The first-order valence-electron chi connectivity index (χ1n) is 10.0. The number of hydrogen-bond donors (Lipinski definition) is 3. The topological polar surface area (TPSA) is 102 Å². The van der Waals surface area contributed by atoms with Crippen LogP contribution < -0.4 is 15.5 Å². The number of rotatable bonds is 8. The predicted molar refractivity (Wildman–Crippen MR) is 106 cm³/mol. The number of benzene rings is 1. The third kappa shape index (κ3) is 5.90. The minimum Gasteiger partial charge on any atom is -0.481 e. The molecule has 0 bridgehead atoms. The van der Waals surface area contributed by atoms with Crippen molar-refractivity contribution in [3.63, 3.8) is 0 Å². The van der Waals surface area contributed by atoms with Gasteiger partial charge in [-0.15, -0.1) is 0 Å². The van der Waals surface area contributed by atoms with Crippen LogP contribution in [0.15, 0.2) is 18.2 Å². The molecule has 0 aliphatic carbocycles. The number of carbonyl (C=O) groups excluding carboxylic acids is 2. The number of halogens is 1. The van der Waals surface area contributed by atoms with Gasteiger partial charge in [0.25, 0.3) is 0 Å². The number of unbranched alkanes of at least 4 members (excludes halogenated alkanes) is 1. The Morgan fingerprint density at radius 2 is 1.97 bits per heavy atom.